The second kappa shape index (κ2) is 11.2. The molecule has 0 atom stereocenters. The minimum Gasteiger partial charge on any atom is -0.497 e. The Morgan fingerprint density at radius 3 is 2.41 bits per heavy atom. The van der Waals surface area contributed by atoms with Gasteiger partial charge in [-0.15, -0.1) is 10.2 Å². The number of anilines is 1. The number of hydrogen-bond donors (Lipinski definition) is 2. The van der Waals surface area contributed by atoms with Crippen LogP contribution in [0.1, 0.15) is 23.1 Å². The molecule has 11 heteroatoms. The molecule has 2 aromatic carbocycles. The zero-order valence-corrected chi connectivity index (χ0v) is 19.7. The Kier molecular flexibility index (Phi) is 8.38. The van der Waals surface area contributed by atoms with Crippen LogP contribution in [0, 0.1) is 0 Å². The highest BCUT2D eigenvalue weighted by molar-refractivity contribution is 7.99. The maximum Gasteiger partial charge on any atom is 0.251 e. The smallest absolute Gasteiger partial charge is 0.251 e. The number of carbonyl (C=O) groups excluding carboxylic acids is 2. The molecule has 0 saturated carbocycles. The molecule has 2 amide bonds. The Balaban J connectivity index is 1.56. The molecule has 1 heterocycles. The van der Waals surface area contributed by atoms with Crippen LogP contribution < -0.4 is 15.4 Å². The van der Waals surface area contributed by atoms with E-state index in [9.17, 15) is 9.59 Å². The van der Waals surface area contributed by atoms with Crippen molar-refractivity contribution in [3.8, 4) is 5.75 Å². The van der Waals surface area contributed by atoms with Gasteiger partial charge in [-0.1, -0.05) is 35.0 Å². The third kappa shape index (κ3) is 6.38. The Morgan fingerprint density at radius 2 is 1.78 bits per heavy atom. The van der Waals surface area contributed by atoms with Crippen LogP contribution in [-0.2, 0) is 17.9 Å². The average molecular weight is 494 g/mol. The number of ether oxygens (including phenoxy) is 1. The van der Waals surface area contributed by atoms with Crippen molar-refractivity contribution >= 4 is 52.5 Å². The number of amides is 2. The van der Waals surface area contributed by atoms with Gasteiger partial charge in [-0.2, -0.15) is 0 Å². The van der Waals surface area contributed by atoms with Gasteiger partial charge in [0.25, 0.3) is 5.91 Å². The van der Waals surface area contributed by atoms with Gasteiger partial charge < -0.3 is 19.9 Å². The zero-order valence-electron chi connectivity index (χ0n) is 17.4. The van der Waals surface area contributed by atoms with Gasteiger partial charge >= 0.3 is 0 Å². The van der Waals surface area contributed by atoms with Crippen molar-refractivity contribution in [3.05, 3.63) is 63.9 Å². The van der Waals surface area contributed by atoms with E-state index in [4.69, 9.17) is 27.9 Å². The highest BCUT2D eigenvalue weighted by Crippen LogP contribution is 2.23. The minimum absolute atomic E-state index is 0.125. The summed E-state index contributed by atoms with van der Waals surface area (Å²) >= 11 is 13.2. The molecule has 0 saturated heterocycles. The second-order valence-electron chi connectivity index (χ2n) is 6.55. The third-order valence-electron chi connectivity index (χ3n) is 4.35. The standard InChI is InChI=1S/C21H21Cl2N5O3S/c1-3-28-18(11-24-20(30)13-4-6-17(31-2)7-5-13)26-27-21(28)32-12-19(29)25-16-9-14(22)8-15(23)10-16/h4-10H,3,11-12H2,1-2H3,(H,24,30)(H,25,29). The third-order valence-corrected chi connectivity index (χ3v) is 5.75. The van der Waals surface area contributed by atoms with E-state index < -0.39 is 0 Å². The van der Waals surface area contributed by atoms with Crippen LogP contribution >= 0.6 is 35.0 Å². The van der Waals surface area contributed by atoms with Crippen LogP contribution in [-0.4, -0.2) is 39.4 Å². The van der Waals surface area contributed by atoms with Crippen molar-refractivity contribution in [1.82, 2.24) is 20.1 Å². The van der Waals surface area contributed by atoms with Crippen molar-refractivity contribution in [2.75, 3.05) is 18.2 Å². The van der Waals surface area contributed by atoms with Crippen molar-refractivity contribution in [2.24, 2.45) is 0 Å². The lowest BCUT2D eigenvalue weighted by Crippen LogP contribution is -2.24. The maximum absolute atomic E-state index is 12.4. The average Bonchev–Trinajstić information content (AvgIpc) is 3.17. The first kappa shape index (κ1) is 23.9. The summed E-state index contributed by atoms with van der Waals surface area (Å²) in [4.78, 5) is 24.7. The van der Waals surface area contributed by atoms with Crippen LogP contribution in [0.4, 0.5) is 5.69 Å². The van der Waals surface area contributed by atoms with E-state index in [2.05, 4.69) is 20.8 Å². The van der Waals surface area contributed by atoms with E-state index in [0.29, 0.717) is 44.6 Å². The summed E-state index contributed by atoms with van der Waals surface area (Å²) < 4.78 is 6.95. The van der Waals surface area contributed by atoms with Crippen molar-refractivity contribution in [2.45, 2.75) is 25.2 Å². The maximum atomic E-state index is 12.4. The summed E-state index contributed by atoms with van der Waals surface area (Å²) in [5.74, 6) is 0.941. The fraction of sp³-hybridized carbons (Fsp3) is 0.238. The molecule has 168 valence electrons. The summed E-state index contributed by atoms with van der Waals surface area (Å²) in [5, 5.41) is 15.4. The second-order valence-corrected chi connectivity index (χ2v) is 8.36. The molecule has 0 spiro atoms. The Labute approximate surface area is 199 Å². The van der Waals surface area contributed by atoms with Gasteiger partial charge in [-0.05, 0) is 49.4 Å². The van der Waals surface area contributed by atoms with E-state index in [1.807, 2.05) is 11.5 Å². The molecule has 0 radical (unpaired) electrons. The molecule has 32 heavy (non-hydrogen) atoms. The minimum atomic E-state index is -0.230. The fourth-order valence-electron chi connectivity index (χ4n) is 2.83. The van der Waals surface area contributed by atoms with Crippen molar-refractivity contribution in [3.63, 3.8) is 0 Å². The number of thioether (sulfide) groups is 1. The SMILES string of the molecule is CCn1c(CNC(=O)c2ccc(OC)cc2)nnc1SCC(=O)Nc1cc(Cl)cc(Cl)c1. The van der Waals surface area contributed by atoms with Gasteiger partial charge in [0.1, 0.15) is 5.75 Å². The summed E-state index contributed by atoms with van der Waals surface area (Å²) in [5.41, 5.74) is 1.03. The quantitative estimate of drug-likeness (QED) is 0.431. The van der Waals surface area contributed by atoms with Crippen molar-refractivity contribution < 1.29 is 14.3 Å². The Hall–Kier alpha value is -2.75. The predicted molar refractivity (Wildman–Crippen MR) is 126 cm³/mol. The number of carbonyl (C=O) groups is 2. The number of nitrogens with one attached hydrogen (secondary N) is 2. The molecule has 8 nitrogen and oxygen atoms in total. The number of halogens is 2. The Bertz CT molecular complexity index is 1090. The molecule has 0 bridgehead atoms. The molecular weight excluding hydrogens is 473 g/mol. The summed E-state index contributed by atoms with van der Waals surface area (Å²) in [6, 6.07) is 11.6. The molecule has 0 aliphatic carbocycles. The highest BCUT2D eigenvalue weighted by Gasteiger charge is 2.15. The number of benzene rings is 2. The molecule has 3 rings (SSSR count). The summed E-state index contributed by atoms with van der Waals surface area (Å²) in [7, 11) is 1.57. The molecule has 2 N–H and O–H groups in total. The van der Waals surface area contributed by atoms with Crippen molar-refractivity contribution in [1.29, 1.82) is 0 Å². The predicted octanol–water partition coefficient (Wildman–Crippen LogP) is 4.27. The number of methoxy groups -OCH3 is 1. The molecule has 0 aliphatic heterocycles. The topological polar surface area (TPSA) is 98.1 Å². The van der Waals surface area contributed by atoms with E-state index >= 15 is 0 Å². The van der Waals surface area contributed by atoms with Crippen LogP contribution in [0.15, 0.2) is 47.6 Å². The molecule has 0 fully saturated rings. The monoisotopic (exact) mass is 493 g/mol. The van der Waals surface area contributed by atoms with Gasteiger partial charge in [-0.3, -0.25) is 9.59 Å². The van der Waals surface area contributed by atoms with Gasteiger partial charge in [0, 0.05) is 27.8 Å². The van der Waals surface area contributed by atoms with Crippen LogP contribution in [0.3, 0.4) is 0 Å². The normalized spacial score (nSPS) is 10.6. The van der Waals surface area contributed by atoms with Gasteiger partial charge in [0.2, 0.25) is 5.91 Å². The molecule has 0 aliphatic rings. The lowest BCUT2D eigenvalue weighted by atomic mass is 10.2. The first-order valence-corrected chi connectivity index (χ1v) is 11.4. The largest absolute Gasteiger partial charge is 0.497 e. The van der Waals surface area contributed by atoms with E-state index in [0.717, 1.165) is 0 Å². The fourth-order valence-corrected chi connectivity index (χ4v) is 4.18. The lowest BCUT2D eigenvalue weighted by Gasteiger charge is -2.09. The summed E-state index contributed by atoms with van der Waals surface area (Å²) in [6.07, 6.45) is 0. The lowest BCUT2D eigenvalue weighted by molar-refractivity contribution is -0.113. The molecule has 1 aromatic heterocycles. The van der Waals surface area contributed by atoms with Crippen LogP contribution in [0.5, 0.6) is 5.75 Å². The first-order valence-electron chi connectivity index (χ1n) is 9.62. The molecular formula is C21H21Cl2N5O3S. The van der Waals surface area contributed by atoms with Crippen LogP contribution in [0.2, 0.25) is 10.0 Å². The molecule has 0 unspecified atom stereocenters. The highest BCUT2D eigenvalue weighted by atomic mass is 35.5. The zero-order chi connectivity index (χ0) is 23.1. The number of rotatable bonds is 9. The van der Waals surface area contributed by atoms with E-state index in [1.165, 1.54) is 11.8 Å². The van der Waals surface area contributed by atoms with E-state index in [1.54, 1.807) is 49.6 Å². The van der Waals surface area contributed by atoms with Gasteiger partial charge in [0.05, 0.1) is 19.4 Å². The first-order chi connectivity index (χ1) is 15.4. The van der Waals surface area contributed by atoms with Crippen LogP contribution in [0.25, 0.3) is 0 Å². The number of nitrogens with zero attached hydrogens (tertiary/aromatic N) is 3. The molecule has 3 aromatic rings. The van der Waals surface area contributed by atoms with Gasteiger partial charge in [0.15, 0.2) is 11.0 Å². The number of aromatic nitrogens is 3. The Morgan fingerprint density at radius 1 is 1.09 bits per heavy atom. The van der Waals surface area contributed by atoms with E-state index in [-0.39, 0.29) is 24.1 Å². The van der Waals surface area contributed by atoms with Gasteiger partial charge in [-0.25, -0.2) is 0 Å². The number of hydrogen-bond acceptors (Lipinski definition) is 6. The summed E-state index contributed by atoms with van der Waals surface area (Å²) in [6.45, 7) is 2.74.